The van der Waals surface area contributed by atoms with Crippen LogP contribution in [0.3, 0.4) is 0 Å². The van der Waals surface area contributed by atoms with Crippen LogP contribution in [0.4, 0.5) is 0 Å². The standard InChI is InChI=1S/C22H28N2/c1-6-10-16(3)13-14-20-18-11-8-9-12-19(18)21(7-2)24-22(20)15-17(4)23-5/h6-12,20,22-23H,2-4,13-15H2,1,5H3/b10-6-. The van der Waals surface area contributed by atoms with E-state index in [0.717, 1.165) is 30.7 Å². The molecule has 1 aliphatic rings. The Balaban J connectivity index is 2.33. The number of hydrogen-bond donors (Lipinski definition) is 1. The molecular formula is C22H28N2. The minimum absolute atomic E-state index is 0.186. The molecular weight excluding hydrogens is 292 g/mol. The smallest absolute Gasteiger partial charge is 0.0647 e. The molecule has 0 amide bonds. The fourth-order valence-corrected chi connectivity index (χ4v) is 3.31. The summed E-state index contributed by atoms with van der Waals surface area (Å²) in [6.07, 6.45) is 8.85. The highest BCUT2D eigenvalue weighted by Crippen LogP contribution is 2.37. The van der Waals surface area contributed by atoms with E-state index in [9.17, 15) is 0 Å². The maximum Gasteiger partial charge on any atom is 0.0647 e. The maximum absolute atomic E-state index is 4.98. The lowest BCUT2D eigenvalue weighted by Gasteiger charge is -2.32. The van der Waals surface area contributed by atoms with E-state index in [1.807, 2.05) is 26.1 Å². The second kappa shape index (κ2) is 8.49. The van der Waals surface area contributed by atoms with Gasteiger partial charge in [-0.25, -0.2) is 0 Å². The van der Waals surface area contributed by atoms with Crippen molar-refractivity contribution in [3.63, 3.8) is 0 Å². The van der Waals surface area contributed by atoms with Crippen molar-refractivity contribution < 1.29 is 0 Å². The quantitative estimate of drug-likeness (QED) is 0.657. The van der Waals surface area contributed by atoms with Crippen molar-refractivity contribution in [1.82, 2.24) is 5.32 Å². The Morgan fingerprint density at radius 2 is 2.04 bits per heavy atom. The number of nitrogens with one attached hydrogen (secondary N) is 1. The summed E-state index contributed by atoms with van der Waals surface area (Å²) in [5, 5.41) is 3.16. The SMILES string of the molecule is C=CC1=NC(CC(=C)NC)C(CCC(=C)/C=C\C)c2ccccc21. The van der Waals surface area contributed by atoms with Crippen LogP contribution in [0.15, 0.2) is 78.5 Å². The van der Waals surface area contributed by atoms with Gasteiger partial charge in [0.25, 0.3) is 0 Å². The zero-order valence-corrected chi connectivity index (χ0v) is 14.9. The molecule has 2 nitrogen and oxygen atoms in total. The number of benzene rings is 1. The van der Waals surface area contributed by atoms with E-state index < -0.39 is 0 Å². The summed E-state index contributed by atoms with van der Waals surface area (Å²) in [7, 11) is 1.92. The first-order valence-corrected chi connectivity index (χ1v) is 8.56. The molecule has 24 heavy (non-hydrogen) atoms. The molecule has 0 fully saturated rings. The van der Waals surface area contributed by atoms with Gasteiger partial charge in [0.2, 0.25) is 0 Å². The molecule has 2 unspecified atom stereocenters. The second-order valence-corrected chi connectivity index (χ2v) is 6.23. The molecule has 1 aromatic carbocycles. The summed E-state index contributed by atoms with van der Waals surface area (Å²) in [4.78, 5) is 4.98. The van der Waals surface area contributed by atoms with Crippen LogP contribution in [0, 0.1) is 0 Å². The molecule has 0 saturated carbocycles. The largest absolute Gasteiger partial charge is 0.392 e. The van der Waals surface area contributed by atoms with Gasteiger partial charge in [-0.15, -0.1) is 0 Å². The molecule has 0 radical (unpaired) electrons. The van der Waals surface area contributed by atoms with Crippen molar-refractivity contribution in [1.29, 1.82) is 0 Å². The van der Waals surface area contributed by atoms with E-state index in [0.29, 0.717) is 5.92 Å². The van der Waals surface area contributed by atoms with Gasteiger partial charge < -0.3 is 5.32 Å². The van der Waals surface area contributed by atoms with E-state index in [4.69, 9.17) is 4.99 Å². The predicted octanol–water partition coefficient (Wildman–Crippen LogP) is 5.16. The monoisotopic (exact) mass is 320 g/mol. The van der Waals surface area contributed by atoms with Gasteiger partial charge >= 0.3 is 0 Å². The number of rotatable bonds is 8. The highest BCUT2D eigenvalue weighted by atomic mass is 14.9. The number of nitrogens with zero attached hydrogens (tertiary/aromatic N) is 1. The third-order valence-corrected chi connectivity index (χ3v) is 4.59. The highest BCUT2D eigenvalue weighted by Gasteiger charge is 2.30. The van der Waals surface area contributed by atoms with Gasteiger partial charge in [0.05, 0.1) is 11.8 Å². The Labute approximate surface area is 146 Å². The Morgan fingerprint density at radius 1 is 1.29 bits per heavy atom. The molecule has 0 spiro atoms. The van der Waals surface area contributed by atoms with Gasteiger partial charge in [-0.2, -0.15) is 0 Å². The second-order valence-electron chi connectivity index (χ2n) is 6.23. The molecule has 2 rings (SSSR count). The lowest BCUT2D eigenvalue weighted by molar-refractivity contribution is 0.486. The third-order valence-electron chi connectivity index (χ3n) is 4.59. The van der Waals surface area contributed by atoms with Gasteiger partial charge in [0.15, 0.2) is 0 Å². The Bertz CT molecular complexity index is 679. The van der Waals surface area contributed by atoms with Crippen LogP contribution < -0.4 is 5.32 Å². The number of allylic oxidation sites excluding steroid dienone is 4. The number of hydrogen-bond acceptors (Lipinski definition) is 2. The van der Waals surface area contributed by atoms with E-state index in [-0.39, 0.29) is 6.04 Å². The topological polar surface area (TPSA) is 24.4 Å². The van der Waals surface area contributed by atoms with Crippen molar-refractivity contribution in [2.24, 2.45) is 4.99 Å². The van der Waals surface area contributed by atoms with E-state index in [1.165, 1.54) is 16.7 Å². The lowest BCUT2D eigenvalue weighted by atomic mass is 9.79. The van der Waals surface area contributed by atoms with Crippen molar-refractivity contribution in [2.75, 3.05) is 7.05 Å². The summed E-state index contributed by atoms with van der Waals surface area (Å²) in [5.41, 5.74) is 5.75. The van der Waals surface area contributed by atoms with Crippen LogP contribution in [0.5, 0.6) is 0 Å². The molecule has 1 N–H and O–H groups in total. The first-order valence-electron chi connectivity index (χ1n) is 8.56. The van der Waals surface area contributed by atoms with E-state index >= 15 is 0 Å². The molecule has 1 aliphatic heterocycles. The molecule has 0 saturated heterocycles. The lowest BCUT2D eigenvalue weighted by Crippen LogP contribution is -2.27. The van der Waals surface area contributed by atoms with Crippen LogP contribution >= 0.6 is 0 Å². The summed E-state index contributed by atoms with van der Waals surface area (Å²) in [6.45, 7) is 14.2. The van der Waals surface area contributed by atoms with Crippen LogP contribution in [0.2, 0.25) is 0 Å². The average molecular weight is 320 g/mol. The summed E-state index contributed by atoms with van der Waals surface area (Å²) < 4.78 is 0. The molecule has 0 bridgehead atoms. The molecule has 126 valence electrons. The molecule has 1 aromatic rings. The molecule has 0 aromatic heterocycles. The fraction of sp³-hybridized carbons (Fsp3) is 0.318. The van der Waals surface area contributed by atoms with Crippen molar-refractivity contribution >= 4 is 5.71 Å². The van der Waals surface area contributed by atoms with Gasteiger partial charge in [-0.1, -0.05) is 61.7 Å². The van der Waals surface area contributed by atoms with Gasteiger partial charge in [-0.05, 0) is 31.4 Å². The summed E-state index contributed by atoms with van der Waals surface area (Å²) in [6, 6.07) is 8.74. The Hall–Kier alpha value is -2.35. The first kappa shape index (κ1) is 18.0. The van der Waals surface area contributed by atoms with Crippen molar-refractivity contribution in [3.05, 3.63) is 84.6 Å². The maximum atomic E-state index is 4.98. The fourth-order valence-electron chi connectivity index (χ4n) is 3.31. The molecule has 1 heterocycles. The molecule has 0 aliphatic carbocycles. The normalized spacial score (nSPS) is 19.5. The third kappa shape index (κ3) is 4.14. The average Bonchev–Trinajstić information content (AvgIpc) is 2.60. The highest BCUT2D eigenvalue weighted by molar-refractivity contribution is 6.10. The Morgan fingerprint density at radius 3 is 2.71 bits per heavy atom. The zero-order chi connectivity index (χ0) is 17.5. The number of aliphatic imine (C=N–C) groups is 1. The summed E-state index contributed by atoms with van der Waals surface area (Å²) >= 11 is 0. The van der Waals surface area contributed by atoms with Crippen LogP contribution in [-0.2, 0) is 0 Å². The summed E-state index contributed by atoms with van der Waals surface area (Å²) in [5.74, 6) is 0.372. The van der Waals surface area contributed by atoms with E-state index in [1.54, 1.807) is 0 Å². The van der Waals surface area contributed by atoms with Crippen LogP contribution in [0.1, 0.15) is 43.2 Å². The zero-order valence-electron chi connectivity index (χ0n) is 14.9. The van der Waals surface area contributed by atoms with Crippen molar-refractivity contribution in [2.45, 2.75) is 38.1 Å². The van der Waals surface area contributed by atoms with Crippen molar-refractivity contribution in [3.8, 4) is 0 Å². The minimum Gasteiger partial charge on any atom is -0.392 e. The molecule has 2 atom stereocenters. The van der Waals surface area contributed by atoms with E-state index in [2.05, 4.69) is 55.4 Å². The van der Waals surface area contributed by atoms with Crippen LogP contribution in [0.25, 0.3) is 0 Å². The van der Waals surface area contributed by atoms with Gasteiger partial charge in [0, 0.05) is 30.6 Å². The minimum atomic E-state index is 0.186. The van der Waals surface area contributed by atoms with Gasteiger partial charge in [0.1, 0.15) is 0 Å². The Kier molecular flexibility index (Phi) is 6.36. The first-order chi connectivity index (χ1) is 11.6. The number of fused-ring (bicyclic) bond motifs is 1. The molecule has 2 heteroatoms. The predicted molar refractivity (Wildman–Crippen MR) is 106 cm³/mol. The van der Waals surface area contributed by atoms with Crippen LogP contribution in [-0.4, -0.2) is 18.8 Å². The van der Waals surface area contributed by atoms with Gasteiger partial charge in [-0.3, -0.25) is 4.99 Å².